The van der Waals surface area contributed by atoms with Crippen molar-refractivity contribution in [2.45, 2.75) is 13.5 Å². The number of rotatable bonds is 4. The molecule has 18 heavy (non-hydrogen) atoms. The Balaban J connectivity index is 2.32. The van der Waals surface area contributed by atoms with E-state index in [0.29, 0.717) is 0 Å². The van der Waals surface area contributed by atoms with Crippen LogP contribution in [-0.2, 0) is 6.54 Å². The van der Waals surface area contributed by atoms with Gasteiger partial charge in [0.05, 0.1) is 12.1 Å². The molecule has 4 nitrogen and oxygen atoms in total. The van der Waals surface area contributed by atoms with E-state index < -0.39 is 0 Å². The first kappa shape index (κ1) is 12.6. The van der Waals surface area contributed by atoms with Crippen LogP contribution in [0, 0.1) is 12.3 Å². The van der Waals surface area contributed by atoms with Crippen molar-refractivity contribution in [3.8, 4) is 0 Å². The van der Waals surface area contributed by atoms with Gasteiger partial charge in [-0.15, -0.1) is 11.3 Å². The second-order valence-electron chi connectivity index (χ2n) is 4.18. The van der Waals surface area contributed by atoms with Crippen LogP contribution in [0.15, 0.2) is 29.8 Å². The maximum absolute atomic E-state index is 7.67. The summed E-state index contributed by atoms with van der Waals surface area (Å²) in [4.78, 5) is 7.63. The number of aromatic nitrogens is 1. The SMILES string of the molecule is Cc1ccnc(N(C)Cc2cccs2)c1C(=N)N. The molecule has 0 atom stereocenters. The Morgan fingerprint density at radius 2 is 2.28 bits per heavy atom. The lowest BCUT2D eigenvalue weighted by atomic mass is 10.1. The summed E-state index contributed by atoms with van der Waals surface area (Å²) in [5, 5.41) is 9.73. The number of thiophene rings is 1. The summed E-state index contributed by atoms with van der Waals surface area (Å²) in [5.74, 6) is 0.824. The van der Waals surface area contributed by atoms with Gasteiger partial charge in [-0.1, -0.05) is 6.07 Å². The quantitative estimate of drug-likeness (QED) is 0.655. The van der Waals surface area contributed by atoms with Crippen LogP contribution in [0.25, 0.3) is 0 Å². The lowest BCUT2D eigenvalue weighted by molar-refractivity contribution is 0.907. The zero-order chi connectivity index (χ0) is 13.1. The number of aryl methyl sites for hydroxylation is 1. The van der Waals surface area contributed by atoms with Crippen molar-refractivity contribution in [2.24, 2.45) is 5.73 Å². The third-order valence-corrected chi connectivity index (χ3v) is 3.60. The molecule has 0 aliphatic heterocycles. The molecule has 2 heterocycles. The highest BCUT2D eigenvalue weighted by Crippen LogP contribution is 2.22. The van der Waals surface area contributed by atoms with Crippen LogP contribution in [0.4, 0.5) is 5.82 Å². The molecule has 2 aromatic rings. The Labute approximate surface area is 111 Å². The predicted molar refractivity (Wildman–Crippen MR) is 76.4 cm³/mol. The van der Waals surface area contributed by atoms with E-state index in [1.54, 1.807) is 17.5 Å². The fourth-order valence-corrected chi connectivity index (χ4v) is 2.63. The molecule has 0 bridgehead atoms. The molecule has 94 valence electrons. The average Bonchev–Trinajstić information content (AvgIpc) is 2.80. The van der Waals surface area contributed by atoms with Gasteiger partial charge in [-0.3, -0.25) is 5.41 Å². The number of nitrogens with two attached hydrogens (primary N) is 1. The number of nitrogens with zero attached hydrogens (tertiary/aromatic N) is 2. The van der Waals surface area contributed by atoms with Crippen LogP contribution in [0.1, 0.15) is 16.0 Å². The molecule has 5 heteroatoms. The lowest BCUT2D eigenvalue weighted by Crippen LogP contribution is -2.23. The van der Waals surface area contributed by atoms with Gasteiger partial charge in [0, 0.05) is 18.1 Å². The summed E-state index contributed by atoms with van der Waals surface area (Å²) in [5.41, 5.74) is 7.34. The maximum atomic E-state index is 7.67. The summed E-state index contributed by atoms with van der Waals surface area (Å²) >= 11 is 1.71. The number of nitrogen functional groups attached to an aromatic ring is 1. The molecule has 0 amide bonds. The van der Waals surface area contributed by atoms with Crippen molar-refractivity contribution in [3.05, 3.63) is 45.8 Å². The highest BCUT2D eigenvalue weighted by atomic mass is 32.1. The number of pyridine rings is 1. The van der Waals surface area contributed by atoms with Crippen LogP contribution in [0.5, 0.6) is 0 Å². The molecule has 0 saturated carbocycles. The topological polar surface area (TPSA) is 66.0 Å². The van der Waals surface area contributed by atoms with E-state index in [0.717, 1.165) is 23.5 Å². The summed E-state index contributed by atoms with van der Waals surface area (Å²) in [6, 6.07) is 5.99. The third-order valence-electron chi connectivity index (χ3n) is 2.74. The zero-order valence-electron chi connectivity index (χ0n) is 10.5. The summed E-state index contributed by atoms with van der Waals surface area (Å²) in [7, 11) is 1.97. The summed E-state index contributed by atoms with van der Waals surface area (Å²) in [6.07, 6.45) is 1.75. The van der Waals surface area contributed by atoms with Crippen molar-refractivity contribution in [1.29, 1.82) is 5.41 Å². The van der Waals surface area contributed by atoms with E-state index >= 15 is 0 Å². The molecule has 2 aromatic heterocycles. The maximum Gasteiger partial charge on any atom is 0.139 e. The van der Waals surface area contributed by atoms with E-state index in [4.69, 9.17) is 11.1 Å². The fraction of sp³-hybridized carbons (Fsp3) is 0.231. The van der Waals surface area contributed by atoms with Gasteiger partial charge in [-0.25, -0.2) is 4.98 Å². The molecule has 0 radical (unpaired) electrons. The first-order valence-corrected chi connectivity index (χ1v) is 6.51. The van der Waals surface area contributed by atoms with E-state index in [-0.39, 0.29) is 5.84 Å². The number of hydrogen-bond acceptors (Lipinski definition) is 4. The van der Waals surface area contributed by atoms with Crippen LogP contribution in [0.2, 0.25) is 0 Å². The highest BCUT2D eigenvalue weighted by molar-refractivity contribution is 7.09. The van der Waals surface area contributed by atoms with Crippen LogP contribution < -0.4 is 10.6 Å². The first-order chi connectivity index (χ1) is 8.59. The number of nitrogens with one attached hydrogen (secondary N) is 1. The molecular formula is C13H16N4S. The van der Waals surface area contributed by atoms with Crippen molar-refractivity contribution in [1.82, 2.24) is 4.98 Å². The van der Waals surface area contributed by atoms with E-state index in [1.165, 1.54) is 4.88 Å². The van der Waals surface area contributed by atoms with Crippen molar-refractivity contribution >= 4 is 23.0 Å². The molecule has 2 rings (SSSR count). The summed E-state index contributed by atoms with van der Waals surface area (Å²) < 4.78 is 0. The van der Waals surface area contributed by atoms with Crippen LogP contribution >= 0.6 is 11.3 Å². The van der Waals surface area contributed by atoms with Crippen molar-refractivity contribution < 1.29 is 0 Å². The number of hydrogen-bond donors (Lipinski definition) is 2. The standard InChI is InChI=1S/C13H16N4S/c1-9-5-6-16-13(11(9)12(14)15)17(2)8-10-4-3-7-18-10/h3-7H,8H2,1-2H3,(H3,14,15). The molecule has 0 aliphatic carbocycles. The molecule has 0 saturated heterocycles. The molecule has 0 aromatic carbocycles. The van der Waals surface area contributed by atoms with E-state index in [2.05, 4.69) is 16.4 Å². The molecule has 0 fully saturated rings. The highest BCUT2D eigenvalue weighted by Gasteiger charge is 2.14. The monoisotopic (exact) mass is 260 g/mol. The van der Waals surface area contributed by atoms with E-state index in [9.17, 15) is 0 Å². The Kier molecular flexibility index (Phi) is 3.62. The molecule has 0 unspecified atom stereocenters. The van der Waals surface area contributed by atoms with E-state index in [1.807, 2.05) is 31.0 Å². The van der Waals surface area contributed by atoms with Gasteiger partial charge < -0.3 is 10.6 Å². The smallest absolute Gasteiger partial charge is 0.139 e. The Bertz CT molecular complexity index is 548. The van der Waals surface area contributed by atoms with Gasteiger partial charge in [0.1, 0.15) is 11.7 Å². The normalized spacial score (nSPS) is 10.3. The number of anilines is 1. The Morgan fingerprint density at radius 1 is 1.50 bits per heavy atom. The second kappa shape index (κ2) is 5.18. The fourth-order valence-electron chi connectivity index (χ4n) is 1.88. The zero-order valence-corrected chi connectivity index (χ0v) is 11.3. The minimum atomic E-state index is 0.0635. The lowest BCUT2D eigenvalue weighted by Gasteiger charge is -2.21. The molecule has 0 spiro atoms. The summed E-state index contributed by atoms with van der Waals surface area (Å²) in [6.45, 7) is 2.72. The minimum Gasteiger partial charge on any atom is -0.384 e. The predicted octanol–water partition coefficient (Wildman–Crippen LogP) is 2.37. The number of amidine groups is 1. The molecular weight excluding hydrogens is 244 g/mol. The second-order valence-corrected chi connectivity index (χ2v) is 5.21. The van der Waals surface area contributed by atoms with Crippen molar-refractivity contribution in [2.75, 3.05) is 11.9 Å². The third kappa shape index (κ3) is 2.51. The molecule has 0 aliphatic rings. The van der Waals surface area contributed by atoms with Gasteiger partial charge in [-0.2, -0.15) is 0 Å². The van der Waals surface area contributed by atoms with Gasteiger partial charge in [0.15, 0.2) is 0 Å². The Morgan fingerprint density at radius 3 is 2.89 bits per heavy atom. The van der Waals surface area contributed by atoms with Gasteiger partial charge >= 0.3 is 0 Å². The first-order valence-electron chi connectivity index (χ1n) is 5.63. The Hall–Kier alpha value is -1.88. The van der Waals surface area contributed by atoms with Crippen LogP contribution in [-0.4, -0.2) is 17.9 Å². The van der Waals surface area contributed by atoms with Gasteiger partial charge in [0.2, 0.25) is 0 Å². The molecule has 3 N–H and O–H groups in total. The largest absolute Gasteiger partial charge is 0.384 e. The van der Waals surface area contributed by atoms with Gasteiger partial charge in [0.25, 0.3) is 0 Å². The average molecular weight is 260 g/mol. The van der Waals surface area contributed by atoms with Crippen LogP contribution in [0.3, 0.4) is 0 Å². The minimum absolute atomic E-state index is 0.0635. The van der Waals surface area contributed by atoms with Gasteiger partial charge in [-0.05, 0) is 30.0 Å². The van der Waals surface area contributed by atoms with Crippen molar-refractivity contribution in [3.63, 3.8) is 0 Å².